The number of rotatable bonds is 4. The highest BCUT2D eigenvalue weighted by Crippen LogP contribution is 2.00. The molecular weight excluding hydrogens is 140 g/mol. The first kappa shape index (κ1) is 9.07. The quantitative estimate of drug-likeness (QED) is 0.420. The van der Waals surface area contributed by atoms with Crippen molar-refractivity contribution in [3.8, 4) is 0 Å². The summed E-state index contributed by atoms with van der Waals surface area (Å²) < 4.78 is 26.9. The Morgan fingerprint density at radius 3 is 2.22 bits per heavy atom. The fourth-order valence-electron chi connectivity index (χ4n) is 0.568. The zero-order valence-corrected chi connectivity index (χ0v) is 6.47. The maximum atomic E-state index is 10.2. The van der Waals surface area contributed by atoms with Gasteiger partial charge in [-0.1, -0.05) is 19.8 Å². The summed E-state index contributed by atoms with van der Waals surface area (Å²) in [5.74, 6) is 0.0425. The molecule has 0 rings (SSSR count). The molecule has 58 valence electrons. The van der Waals surface area contributed by atoms with Crippen molar-refractivity contribution >= 4 is 10.5 Å². The SMILES string of the molecule is CCCCC[SH](=O)(O)O. The minimum absolute atomic E-state index is 0.0425. The maximum absolute atomic E-state index is 10.2. The van der Waals surface area contributed by atoms with Crippen LogP contribution >= 0.6 is 0 Å². The van der Waals surface area contributed by atoms with Gasteiger partial charge in [-0.3, -0.25) is 0 Å². The van der Waals surface area contributed by atoms with Gasteiger partial charge in [0.05, 0.1) is 10.5 Å². The molecule has 2 N–H and O–H groups in total. The number of unbranched alkanes of at least 4 members (excludes halogenated alkanes) is 2. The minimum atomic E-state index is -3.70. The first-order valence-corrected chi connectivity index (χ1v) is 4.90. The molecule has 0 heterocycles. The predicted octanol–water partition coefficient (Wildman–Crippen LogP) is 1.14. The average molecular weight is 154 g/mol. The molecule has 0 aromatic carbocycles. The summed E-state index contributed by atoms with van der Waals surface area (Å²) >= 11 is 0. The summed E-state index contributed by atoms with van der Waals surface area (Å²) in [7, 11) is -3.70. The largest absolute Gasteiger partial charge is 0.310 e. The molecule has 0 aromatic heterocycles. The first-order valence-electron chi connectivity index (χ1n) is 3.11. The number of hydrogen-bond acceptors (Lipinski definition) is 1. The van der Waals surface area contributed by atoms with Crippen molar-refractivity contribution in [2.75, 3.05) is 5.75 Å². The monoisotopic (exact) mass is 154 g/mol. The fraction of sp³-hybridized carbons (Fsp3) is 1.00. The number of hydrogen-bond donors (Lipinski definition) is 3. The van der Waals surface area contributed by atoms with E-state index in [1.807, 2.05) is 6.92 Å². The van der Waals surface area contributed by atoms with Crippen LogP contribution < -0.4 is 0 Å². The van der Waals surface area contributed by atoms with Gasteiger partial charge in [0.1, 0.15) is 0 Å². The molecule has 3 nitrogen and oxygen atoms in total. The lowest BCUT2D eigenvalue weighted by Crippen LogP contribution is -2.12. The van der Waals surface area contributed by atoms with Crippen LogP contribution in [0.3, 0.4) is 0 Å². The lowest BCUT2D eigenvalue weighted by Gasteiger charge is -2.07. The Morgan fingerprint density at radius 2 is 1.89 bits per heavy atom. The molecule has 0 atom stereocenters. The van der Waals surface area contributed by atoms with Gasteiger partial charge in [0.2, 0.25) is 0 Å². The minimum Gasteiger partial charge on any atom is -0.310 e. The van der Waals surface area contributed by atoms with Crippen LogP contribution in [0.15, 0.2) is 0 Å². The highest BCUT2D eigenvalue weighted by Gasteiger charge is 2.00. The van der Waals surface area contributed by atoms with Gasteiger partial charge >= 0.3 is 0 Å². The van der Waals surface area contributed by atoms with E-state index in [-0.39, 0.29) is 5.75 Å². The third-order valence-corrected chi connectivity index (χ3v) is 1.95. The third-order valence-electron chi connectivity index (χ3n) is 1.05. The Bertz CT molecular complexity index is 107. The van der Waals surface area contributed by atoms with Crippen LogP contribution in [-0.4, -0.2) is 19.1 Å². The van der Waals surface area contributed by atoms with Gasteiger partial charge in [-0.2, -0.15) is 0 Å². The molecule has 0 bridgehead atoms. The molecule has 0 saturated heterocycles. The first-order chi connectivity index (χ1) is 4.06. The lowest BCUT2D eigenvalue weighted by atomic mass is 10.3. The summed E-state index contributed by atoms with van der Waals surface area (Å²) in [5.41, 5.74) is 0. The van der Waals surface area contributed by atoms with Crippen LogP contribution in [-0.2, 0) is 10.5 Å². The van der Waals surface area contributed by atoms with Crippen LogP contribution in [0.5, 0.6) is 0 Å². The zero-order chi connectivity index (χ0) is 7.33. The second-order valence-corrected chi connectivity index (χ2v) is 3.87. The highest BCUT2D eigenvalue weighted by molar-refractivity contribution is 7.92. The molecule has 0 aromatic rings. The van der Waals surface area contributed by atoms with Crippen molar-refractivity contribution < 1.29 is 13.3 Å². The molecule has 9 heavy (non-hydrogen) atoms. The molecule has 0 saturated carbocycles. The van der Waals surface area contributed by atoms with E-state index in [2.05, 4.69) is 0 Å². The molecule has 0 fully saturated rings. The van der Waals surface area contributed by atoms with Gasteiger partial charge in [-0.15, -0.1) is 0 Å². The van der Waals surface area contributed by atoms with E-state index in [4.69, 9.17) is 9.11 Å². The van der Waals surface area contributed by atoms with Crippen LogP contribution in [0.1, 0.15) is 26.2 Å². The summed E-state index contributed by atoms with van der Waals surface area (Å²) in [6.45, 7) is 2.00. The van der Waals surface area contributed by atoms with Crippen LogP contribution in [0.25, 0.3) is 0 Å². The van der Waals surface area contributed by atoms with Crippen LogP contribution in [0, 0.1) is 0 Å². The summed E-state index contributed by atoms with van der Waals surface area (Å²) in [6.07, 6.45) is 2.55. The average Bonchev–Trinajstić information content (AvgIpc) is 1.63. The van der Waals surface area contributed by atoms with Gasteiger partial charge < -0.3 is 9.11 Å². The van der Waals surface area contributed by atoms with E-state index in [1.54, 1.807) is 0 Å². The third kappa shape index (κ3) is 8.07. The molecule has 0 aliphatic carbocycles. The number of thiol groups is 1. The fourth-order valence-corrected chi connectivity index (χ4v) is 1.20. The molecule has 0 spiro atoms. The zero-order valence-electron chi connectivity index (χ0n) is 5.58. The van der Waals surface area contributed by atoms with Crippen molar-refractivity contribution in [1.29, 1.82) is 0 Å². The molecule has 4 heteroatoms. The van der Waals surface area contributed by atoms with Crippen LogP contribution in [0.2, 0.25) is 0 Å². The van der Waals surface area contributed by atoms with Gasteiger partial charge in [0, 0.05) is 5.75 Å². The van der Waals surface area contributed by atoms with Crippen LogP contribution in [0.4, 0.5) is 0 Å². The molecule has 0 radical (unpaired) electrons. The highest BCUT2D eigenvalue weighted by atomic mass is 32.3. The van der Waals surface area contributed by atoms with Crippen molar-refractivity contribution in [1.82, 2.24) is 0 Å². The second kappa shape index (κ2) is 3.98. The second-order valence-electron chi connectivity index (χ2n) is 2.10. The van der Waals surface area contributed by atoms with E-state index in [0.29, 0.717) is 6.42 Å². The standard InChI is InChI=1S/C5H14O3S/c1-2-3-4-5-9(6,7)8/h9H,2-5H2,1H3,(H2,6,7,8). The molecule has 0 aliphatic heterocycles. The van der Waals surface area contributed by atoms with Crippen molar-refractivity contribution in [2.24, 2.45) is 0 Å². The van der Waals surface area contributed by atoms with E-state index in [9.17, 15) is 4.21 Å². The van der Waals surface area contributed by atoms with E-state index in [0.717, 1.165) is 12.8 Å². The summed E-state index contributed by atoms with van der Waals surface area (Å²) in [5, 5.41) is 0. The summed E-state index contributed by atoms with van der Waals surface area (Å²) in [4.78, 5) is 0. The van der Waals surface area contributed by atoms with Gasteiger partial charge in [-0.05, 0) is 6.42 Å². The Hall–Kier alpha value is 0.0700. The maximum Gasteiger partial charge on any atom is 0.0732 e. The van der Waals surface area contributed by atoms with E-state index >= 15 is 0 Å². The molecule has 0 unspecified atom stereocenters. The van der Waals surface area contributed by atoms with Gasteiger partial charge in [0.25, 0.3) is 0 Å². The van der Waals surface area contributed by atoms with Gasteiger partial charge in [0.15, 0.2) is 0 Å². The molecule has 0 aliphatic rings. The smallest absolute Gasteiger partial charge is 0.0732 e. The Labute approximate surface area is 56.5 Å². The van der Waals surface area contributed by atoms with Crippen molar-refractivity contribution in [2.45, 2.75) is 26.2 Å². The molecular formula is C5H14O3S. The van der Waals surface area contributed by atoms with Crippen molar-refractivity contribution in [3.63, 3.8) is 0 Å². The molecule has 0 amide bonds. The van der Waals surface area contributed by atoms with E-state index in [1.165, 1.54) is 0 Å². The predicted molar refractivity (Wildman–Crippen MR) is 39.2 cm³/mol. The van der Waals surface area contributed by atoms with Crippen molar-refractivity contribution in [3.05, 3.63) is 0 Å². The Morgan fingerprint density at radius 1 is 1.33 bits per heavy atom. The Balaban J connectivity index is 3.18. The summed E-state index contributed by atoms with van der Waals surface area (Å²) in [6, 6.07) is 0. The van der Waals surface area contributed by atoms with E-state index < -0.39 is 10.5 Å². The van der Waals surface area contributed by atoms with Gasteiger partial charge in [-0.25, -0.2) is 4.21 Å². The normalized spacial score (nSPS) is 13.7. The lowest BCUT2D eigenvalue weighted by molar-refractivity contribution is 0.421. The Kier molecular flexibility index (Phi) is 4.01. The topological polar surface area (TPSA) is 57.5 Å².